The maximum Gasteiger partial charge on any atom is 0.459 e. The fraction of sp³-hybridized carbons (Fsp3) is 0.522. The molecule has 1 unspecified atom stereocenters. The van der Waals surface area contributed by atoms with Crippen molar-refractivity contribution >= 4 is 13.7 Å². The Morgan fingerprint density at radius 1 is 1.29 bits per heavy atom. The average Bonchev–Trinajstić information content (AvgIpc) is 3.05. The first-order valence-corrected chi connectivity index (χ1v) is 13.4. The summed E-state index contributed by atoms with van der Waals surface area (Å²) >= 11 is 0. The Morgan fingerprint density at radius 3 is 2.55 bits per heavy atom. The molecule has 3 N–H and O–H groups in total. The number of carbonyl (C=O) groups is 1. The second kappa shape index (κ2) is 10.7. The normalized spacial score (nSPS) is 29.0. The van der Waals surface area contributed by atoms with Gasteiger partial charge >= 0.3 is 19.4 Å². The van der Waals surface area contributed by atoms with Crippen LogP contribution in [0.3, 0.4) is 0 Å². The minimum absolute atomic E-state index is 0.0880. The number of carbonyl (C=O) groups excluding carboxylic acids is 1. The molecule has 0 bridgehead atoms. The molecule has 2 fully saturated rings. The summed E-state index contributed by atoms with van der Waals surface area (Å²) in [6.45, 7) is 3.64. The van der Waals surface area contributed by atoms with Crippen LogP contribution in [0.15, 0.2) is 52.2 Å². The molecule has 13 nitrogen and oxygen atoms in total. The summed E-state index contributed by atoms with van der Waals surface area (Å²) in [5.74, 6) is -3.70. The van der Waals surface area contributed by atoms with Gasteiger partial charge in [-0.05, 0) is 32.9 Å². The first kappa shape index (κ1) is 28.1. The molecular weight excluding hydrogens is 528 g/mol. The van der Waals surface area contributed by atoms with E-state index in [9.17, 15) is 24.1 Å². The highest BCUT2D eigenvalue weighted by atomic mass is 31.2. The standard InChI is InChI=1S/C23H29FN3O10P/c1-14(2)35-18(29)15(3)26-38(32,37-16-7-5-4-6-8-16)34-13-23(24)19(30)22(10-12-33-22)20(36-23)27-11-9-17(28)25-21(27)31/h4-9,11,14-15,19-20,30H,10,12-13H2,1-3H3,(H,26,32)(H,25,28,31)/t15-,19-,20+,22+,23+,38?/m0/s1. The van der Waals surface area contributed by atoms with Gasteiger partial charge in [-0.15, -0.1) is 0 Å². The highest BCUT2D eigenvalue weighted by Gasteiger charge is 2.69. The smallest absolute Gasteiger partial charge is 0.459 e. The summed E-state index contributed by atoms with van der Waals surface area (Å²) in [5, 5.41) is 13.4. The predicted octanol–water partition coefficient (Wildman–Crippen LogP) is 1.38. The summed E-state index contributed by atoms with van der Waals surface area (Å²) in [5.41, 5.74) is -3.27. The number of hydrogen-bond acceptors (Lipinski definition) is 10. The molecule has 38 heavy (non-hydrogen) atoms. The third-order valence-electron chi connectivity index (χ3n) is 6.02. The second-order valence-corrected chi connectivity index (χ2v) is 10.9. The van der Waals surface area contributed by atoms with Crippen molar-refractivity contribution in [1.29, 1.82) is 0 Å². The number of aromatic nitrogens is 2. The van der Waals surface area contributed by atoms with Crippen LogP contribution in [-0.4, -0.2) is 63.5 Å². The summed E-state index contributed by atoms with van der Waals surface area (Å²) in [7, 11) is -4.50. The Balaban J connectivity index is 1.58. The van der Waals surface area contributed by atoms with Crippen molar-refractivity contribution in [3.8, 4) is 5.75 Å². The summed E-state index contributed by atoms with van der Waals surface area (Å²) in [6, 6.07) is 7.66. The molecule has 1 aromatic carbocycles. The van der Waals surface area contributed by atoms with Crippen LogP contribution in [0, 0.1) is 0 Å². The molecule has 4 rings (SSSR count). The van der Waals surface area contributed by atoms with Gasteiger partial charge in [-0.1, -0.05) is 18.2 Å². The lowest BCUT2D eigenvalue weighted by Gasteiger charge is -2.43. The second-order valence-electron chi connectivity index (χ2n) is 9.24. The fourth-order valence-electron chi connectivity index (χ4n) is 4.12. The largest absolute Gasteiger partial charge is 0.462 e. The molecule has 15 heteroatoms. The van der Waals surface area contributed by atoms with Gasteiger partial charge in [0.15, 0.2) is 6.23 Å². The van der Waals surface area contributed by atoms with Crippen molar-refractivity contribution in [2.24, 2.45) is 0 Å². The third-order valence-corrected chi connectivity index (χ3v) is 7.65. The van der Waals surface area contributed by atoms with Crippen molar-refractivity contribution < 1.29 is 42.1 Å². The maximum atomic E-state index is 16.1. The average molecular weight is 557 g/mol. The number of rotatable bonds is 10. The highest BCUT2D eigenvalue weighted by Crippen LogP contribution is 2.54. The number of para-hydroxylation sites is 1. The zero-order chi connectivity index (χ0) is 27.7. The van der Waals surface area contributed by atoms with Crippen LogP contribution >= 0.6 is 7.75 Å². The highest BCUT2D eigenvalue weighted by molar-refractivity contribution is 7.52. The number of aromatic amines is 1. The number of alkyl halides is 1. The monoisotopic (exact) mass is 557 g/mol. The Labute approximate surface area is 216 Å². The van der Waals surface area contributed by atoms with Gasteiger partial charge in [0.05, 0.1) is 12.7 Å². The molecule has 0 radical (unpaired) electrons. The van der Waals surface area contributed by atoms with Crippen molar-refractivity contribution in [3.05, 3.63) is 63.4 Å². The van der Waals surface area contributed by atoms with Crippen molar-refractivity contribution in [1.82, 2.24) is 14.6 Å². The minimum atomic E-state index is -4.50. The van der Waals surface area contributed by atoms with Gasteiger partial charge in [-0.3, -0.25) is 23.7 Å². The van der Waals surface area contributed by atoms with Gasteiger partial charge in [-0.25, -0.2) is 13.8 Å². The van der Waals surface area contributed by atoms with E-state index in [4.69, 9.17) is 23.3 Å². The zero-order valence-corrected chi connectivity index (χ0v) is 21.8. The van der Waals surface area contributed by atoms with Gasteiger partial charge < -0.3 is 23.8 Å². The van der Waals surface area contributed by atoms with E-state index >= 15 is 4.39 Å². The number of aliphatic hydroxyl groups excluding tert-OH is 1. The molecule has 1 spiro atoms. The van der Waals surface area contributed by atoms with E-state index in [1.54, 1.807) is 32.0 Å². The van der Waals surface area contributed by atoms with Gasteiger partial charge in [0.1, 0.15) is 30.1 Å². The van der Waals surface area contributed by atoms with Crippen LogP contribution in [0.1, 0.15) is 33.4 Å². The first-order chi connectivity index (χ1) is 17.9. The summed E-state index contributed by atoms with van der Waals surface area (Å²) in [4.78, 5) is 38.2. The number of ether oxygens (including phenoxy) is 3. The molecule has 0 aliphatic carbocycles. The lowest BCUT2D eigenvalue weighted by molar-refractivity contribution is -0.227. The number of H-pyrrole nitrogens is 1. The third kappa shape index (κ3) is 5.60. The Hall–Kier alpha value is -2.87. The number of hydrogen-bond donors (Lipinski definition) is 3. The lowest BCUT2D eigenvalue weighted by atomic mass is 9.85. The topological polar surface area (TPSA) is 167 Å². The molecule has 6 atom stereocenters. The lowest BCUT2D eigenvalue weighted by Crippen LogP contribution is -2.59. The van der Waals surface area contributed by atoms with Crippen LogP contribution in [0.2, 0.25) is 0 Å². The van der Waals surface area contributed by atoms with E-state index in [0.29, 0.717) is 0 Å². The minimum Gasteiger partial charge on any atom is -0.462 e. The predicted molar refractivity (Wildman–Crippen MR) is 129 cm³/mol. The van der Waals surface area contributed by atoms with Crippen LogP contribution in [-0.2, 0) is 28.1 Å². The molecule has 2 saturated heterocycles. The van der Waals surface area contributed by atoms with E-state index in [0.717, 1.165) is 16.8 Å². The molecule has 2 aliphatic heterocycles. The zero-order valence-electron chi connectivity index (χ0n) is 20.9. The van der Waals surface area contributed by atoms with E-state index in [2.05, 4.69) is 5.09 Å². The molecule has 2 aromatic rings. The molecular formula is C23H29FN3O10P. The van der Waals surface area contributed by atoms with E-state index in [1.165, 1.54) is 19.1 Å². The SMILES string of the molecule is CC(C)OC(=O)[C@H](C)NP(=O)(OC[C@@]1(F)O[C@@H](n2ccc(=O)[nH]c2=O)[C@@]2(CCO2)[C@@H]1O)Oc1ccccc1. The number of esters is 1. The molecule has 2 aliphatic rings. The number of nitrogens with one attached hydrogen (secondary N) is 2. The fourth-order valence-corrected chi connectivity index (χ4v) is 5.63. The molecule has 1 aromatic heterocycles. The van der Waals surface area contributed by atoms with Crippen molar-refractivity contribution in [3.63, 3.8) is 0 Å². The van der Waals surface area contributed by atoms with Crippen molar-refractivity contribution in [2.45, 2.75) is 63.1 Å². The van der Waals surface area contributed by atoms with Crippen LogP contribution < -0.4 is 20.9 Å². The Kier molecular flexibility index (Phi) is 7.94. The van der Waals surface area contributed by atoms with Crippen molar-refractivity contribution in [2.75, 3.05) is 13.2 Å². The first-order valence-electron chi connectivity index (χ1n) is 11.9. The number of nitrogens with zero attached hydrogens (tertiary/aromatic N) is 1. The van der Waals surface area contributed by atoms with Crippen LogP contribution in [0.5, 0.6) is 5.75 Å². The van der Waals surface area contributed by atoms with Gasteiger partial charge in [0, 0.05) is 18.7 Å². The van der Waals surface area contributed by atoms with Crippen LogP contribution in [0.4, 0.5) is 4.39 Å². The van der Waals surface area contributed by atoms with E-state index in [-0.39, 0.29) is 18.8 Å². The van der Waals surface area contributed by atoms with E-state index < -0.39 is 67.5 Å². The molecule has 208 valence electrons. The number of halogens is 1. The molecule has 3 heterocycles. The molecule has 0 amide bonds. The van der Waals surface area contributed by atoms with Gasteiger partial charge in [0.2, 0.25) is 0 Å². The summed E-state index contributed by atoms with van der Waals surface area (Å²) in [6.07, 6.45) is -2.72. The van der Waals surface area contributed by atoms with Crippen LogP contribution in [0.25, 0.3) is 0 Å². The number of aliphatic hydroxyl groups is 1. The summed E-state index contributed by atoms with van der Waals surface area (Å²) < 4.78 is 57.6. The molecule has 0 saturated carbocycles. The Bertz CT molecular complexity index is 1310. The quantitative estimate of drug-likeness (QED) is 0.285. The Morgan fingerprint density at radius 2 is 1.97 bits per heavy atom. The maximum absolute atomic E-state index is 16.1. The van der Waals surface area contributed by atoms with Gasteiger partial charge in [-0.2, -0.15) is 5.09 Å². The van der Waals surface area contributed by atoms with Gasteiger partial charge in [0.25, 0.3) is 11.4 Å². The number of benzene rings is 1. The van der Waals surface area contributed by atoms with E-state index in [1.807, 2.05) is 4.98 Å².